The van der Waals surface area contributed by atoms with Gasteiger partial charge in [0.25, 0.3) is 5.91 Å². The van der Waals surface area contributed by atoms with Crippen LogP contribution < -0.4 is 0 Å². The van der Waals surface area contributed by atoms with E-state index >= 15 is 0 Å². The highest BCUT2D eigenvalue weighted by Gasteiger charge is 2.25. The Labute approximate surface area is 97.4 Å². The highest BCUT2D eigenvalue weighted by molar-refractivity contribution is 5.92. The van der Waals surface area contributed by atoms with Gasteiger partial charge in [-0.15, -0.1) is 0 Å². The van der Waals surface area contributed by atoms with E-state index in [4.69, 9.17) is 0 Å². The number of rotatable bonds is 1. The smallest absolute Gasteiger partial charge is 0.274 e. The van der Waals surface area contributed by atoms with E-state index in [0.29, 0.717) is 18.8 Å². The second-order valence-electron chi connectivity index (χ2n) is 3.75. The normalized spacial score (nSPS) is 13.5. The molecule has 0 unspecified atom stereocenters. The van der Waals surface area contributed by atoms with E-state index in [0.717, 1.165) is 11.3 Å². The van der Waals surface area contributed by atoms with Crippen molar-refractivity contribution in [2.75, 3.05) is 0 Å². The van der Waals surface area contributed by atoms with E-state index in [1.54, 1.807) is 17.3 Å². The molecule has 0 fully saturated rings. The SMILES string of the molecule is O=C(c1cnccn1)N1Cc2cncnc2C1. The van der Waals surface area contributed by atoms with Gasteiger partial charge in [-0.05, 0) is 0 Å². The quantitative estimate of drug-likeness (QED) is 0.706. The Morgan fingerprint density at radius 3 is 2.82 bits per heavy atom. The summed E-state index contributed by atoms with van der Waals surface area (Å²) < 4.78 is 0. The molecule has 0 N–H and O–H groups in total. The summed E-state index contributed by atoms with van der Waals surface area (Å²) in [4.78, 5) is 29.7. The molecule has 1 aliphatic rings. The average molecular weight is 227 g/mol. The van der Waals surface area contributed by atoms with Crippen LogP contribution in [-0.2, 0) is 13.1 Å². The van der Waals surface area contributed by atoms with Crippen molar-refractivity contribution in [3.63, 3.8) is 0 Å². The highest BCUT2D eigenvalue weighted by atomic mass is 16.2. The first-order valence-electron chi connectivity index (χ1n) is 5.17. The van der Waals surface area contributed by atoms with Gasteiger partial charge in [0.05, 0.1) is 18.4 Å². The van der Waals surface area contributed by atoms with Crippen LogP contribution in [0.1, 0.15) is 21.7 Å². The molecule has 0 bridgehead atoms. The largest absolute Gasteiger partial charge is 0.327 e. The number of fused-ring (bicyclic) bond motifs is 1. The van der Waals surface area contributed by atoms with Crippen molar-refractivity contribution in [1.82, 2.24) is 24.8 Å². The second-order valence-corrected chi connectivity index (χ2v) is 3.75. The summed E-state index contributed by atoms with van der Waals surface area (Å²) in [5.41, 5.74) is 2.25. The minimum Gasteiger partial charge on any atom is -0.327 e. The summed E-state index contributed by atoms with van der Waals surface area (Å²) >= 11 is 0. The molecule has 2 aromatic rings. The summed E-state index contributed by atoms with van der Waals surface area (Å²) in [6.07, 6.45) is 7.76. The molecule has 3 heterocycles. The minimum atomic E-state index is -0.129. The van der Waals surface area contributed by atoms with Crippen molar-refractivity contribution < 1.29 is 4.79 Å². The molecular weight excluding hydrogens is 218 g/mol. The molecule has 0 radical (unpaired) electrons. The number of aromatic nitrogens is 4. The molecule has 0 aliphatic carbocycles. The third-order valence-corrected chi connectivity index (χ3v) is 2.65. The van der Waals surface area contributed by atoms with Gasteiger partial charge in [0.15, 0.2) is 0 Å². The van der Waals surface area contributed by atoms with Crippen LogP contribution in [0.4, 0.5) is 0 Å². The van der Waals surface area contributed by atoms with Gasteiger partial charge in [0, 0.05) is 30.7 Å². The molecule has 6 nitrogen and oxygen atoms in total. The lowest BCUT2D eigenvalue weighted by Crippen LogP contribution is -2.26. The third kappa shape index (κ3) is 1.73. The molecule has 0 saturated carbocycles. The van der Waals surface area contributed by atoms with E-state index in [2.05, 4.69) is 19.9 Å². The average Bonchev–Trinajstić information content (AvgIpc) is 2.82. The summed E-state index contributed by atoms with van der Waals surface area (Å²) in [5.74, 6) is -0.129. The number of carbonyl (C=O) groups excluding carboxylic acids is 1. The lowest BCUT2D eigenvalue weighted by atomic mass is 10.3. The van der Waals surface area contributed by atoms with Crippen LogP contribution in [0.15, 0.2) is 31.1 Å². The van der Waals surface area contributed by atoms with Crippen molar-refractivity contribution in [2.45, 2.75) is 13.1 Å². The Bertz CT molecular complexity index is 532. The fourth-order valence-electron chi connectivity index (χ4n) is 1.82. The maximum atomic E-state index is 12.1. The monoisotopic (exact) mass is 227 g/mol. The first kappa shape index (κ1) is 9.83. The standard InChI is InChI=1S/C11H9N5O/c17-11(9-4-12-1-2-14-9)16-5-8-3-13-7-15-10(8)6-16/h1-4,7H,5-6H2. The molecule has 0 spiro atoms. The van der Waals surface area contributed by atoms with Gasteiger partial charge in [-0.3, -0.25) is 9.78 Å². The van der Waals surface area contributed by atoms with Crippen LogP contribution in [0.5, 0.6) is 0 Å². The molecule has 84 valence electrons. The number of carbonyl (C=O) groups is 1. The van der Waals surface area contributed by atoms with Gasteiger partial charge in [-0.1, -0.05) is 0 Å². The van der Waals surface area contributed by atoms with E-state index in [9.17, 15) is 4.79 Å². The maximum absolute atomic E-state index is 12.1. The van der Waals surface area contributed by atoms with E-state index in [1.807, 2.05) is 0 Å². The van der Waals surface area contributed by atoms with Gasteiger partial charge >= 0.3 is 0 Å². The van der Waals surface area contributed by atoms with Crippen LogP contribution in [0, 0.1) is 0 Å². The van der Waals surface area contributed by atoms with Crippen LogP contribution in [-0.4, -0.2) is 30.7 Å². The molecule has 2 aromatic heterocycles. The maximum Gasteiger partial charge on any atom is 0.274 e. The number of nitrogens with zero attached hydrogens (tertiary/aromatic N) is 5. The number of hydrogen-bond acceptors (Lipinski definition) is 5. The van der Waals surface area contributed by atoms with Gasteiger partial charge in [-0.2, -0.15) is 0 Å². The molecule has 3 rings (SSSR count). The zero-order chi connectivity index (χ0) is 11.7. The minimum absolute atomic E-state index is 0.129. The zero-order valence-electron chi connectivity index (χ0n) is 8.95. The third-order valence-electron chi connectivity index (χ3n) is 2.65. The number of amides is 1. The van der Waals surface area contributed by atoms with E-state index < -0.39 is 0 Å². The summed E-state index contributed by atoms with van der Waals surface area (Å²) in [6.45, 7) is 1.04. The van der Waals surface area contributed by atoms with Gasteiger partial charge in [0.1, 0.15) is 12.0 Å². The molecule has 0 aromatic carbocycles. The highest BCUT2D eigenvalue weighted by Crippen LogP contribution is 2.20. The van der Waals surface area contributed by atoms with Crippen LogP contribution in [0.2, 0.25) is 0 Å². The van der Waals surface area contributed by atoms with Crippen LogP contribution in [0.3, 0.4) is 0 Å². The van der Waals surface area contributed by atoms with Crippen molar-refractivity contribution in [3.05, 3.63) is 48.1 Å². The predicted molar refractivity (Wildman–Crippen MR) is 57.6 cm³/mol. The van der Waals surface area contributed by atoms with Crippen molar-refractivity contribution >= 4 is 5.91 Å². The molecular formula is C11H9N5O. The Hall–Kier alpha value is -2.37. The first-order chi connectivity index (χ1) is 8.34. The zero-order valence-corrected chi connectivity index (χ0v) is 8.95. The molecule has 0 saturated heterocycles. The topological polar surface area (TPSA) is 71.9 Å². The van der Waals surface area contributed by atoms with Crippen molar-refractivity contribution in [3.8, 4) is 0 Å². The Kier molecular flexibility index (Phi) is 2.25. The fraction of sp³-hybridized carbons (Fsp3) is 0.182. The Morgan fingerprint density at radius 2 is 2.06 bits per heavy atom. The van der Waals surface area contributed by atoms with Gasteiger partial charge in [-0.25, -0.2) is 15.0 Å². The fourth-order valence-corrected chi connectivity index (χ4v) is 1.82. The Balaban J connectivity index is 1.84. The molecule has 17 heavy (non-hydrogen) atoms. The van der Waals surface area contributed by atoms with Gasteiger partial charge in [0.2, 0.25) is 0 Å². The van der Waals surface area contributed by atoms with Crippen LogP contribution >= 0.6 is 0 Å². The summed E-state index contributed by atoms with van der Waals surface area (Å²) in [7, 11) is 0. The van der Waals surface area contributed by atoms with Crippen molar-refractivity contribution in [2.24, 2.45) is 0 Å². The molecule has 1 amide bonds. The summed E-state index contributed by atoms with van der Waals surface area (Å²) in [5, 5.41) is 0. The molecule has 1 aliphatic heterocycles. The molecule has 6 heteroatoms. The second kappa shape index (κ2) is 3.89. The van der Waals surface area contributed by atoms with Crippen molar-refractivity contribution in [1.29, 1.82) is 0 Å². The lowest BCUT2D eigenvalue weighted by molar-refractivity contribution is 0.0744. The van der Waals surface area contributed by atoms with Gasteiger partial charge < -0.3 is 4.90 Å². The first-order valence-corrected chi connectivity index (χ1v) is 5.17. The lowest BCUT2D eigenvalue weighted by Gasteiger charge is -2.13. The molecule has 0 atom stereocenters. The predicted octanol–water partition coefficient (Wildman–Crippen LogP) is 0.423. The Morgan fingerprint density at radius 1 is 1.12 bits per heavy atom. The van der Waals surface area contributed by atoms with Crippen LogP contribution in [0.25, 0.3) is 0 Å². The van der Waals surface area contributed by atoms with E-state index in [1.165, 1.54) is 18.7 Å². The van der Waals surface area contributed by atoms with E-state index in [-0.39, 0.29) is 5.91 Å². The number of hydrogen-bond donors (Lipinski definition) is 0. The summed E-state index contributed by atoms with van der Waals surface area (Å²) in [6, 6.07) is 0.